The maximum atomic E-state index is 12.6. The lowest BCUT2D eigenvalue weighted by Crippen LogP contribution is -2.35. The summed E-state index contributed by atoms with van der Waals surface area (Å²) in [6, 6.07) is 13.2. The van der Waals surface area contributed by atoms with Gasteiger partial charge in [-0.05, 0) is 48.9 Å². The van der Waals surface area contributed by atoms with Crippen LogP contribution in [0.2, 0.25) is 0 Å². The number of hydrogen-bond donors (Lipinski definition) is 1. The van der Waals surface area contributed by atoms with E-state index in [4.69, 9.17) is 6.42 Å². The Hall–Kier alpha value is -3.31. The van der Waals surface area contributed by atoms with E-state index in [1.807, 2.05) is 0 Å². The Morgan fingerprint density at radius 2 is 1.93 bits per heavy atom. The third-order valence-electron chi connectivity index (χ3n) is 4.54. The molecule has 0 atom stereocenters. The molecule has 2 aromatic rings. The summed E-state index contributed by atoms with van der Waals surface area (Å²) < 4.78 is 25.3. The van der Waals surface area contributed by atoms with E-state index >= 15 is 0 Å². The Bertz CT molecular complexity index is 1070. The second kappa shape index (κ2) is 8.37. The van der Waals surface area contributed by atoms with Crippen molar-refractivity contribution >= 4 is 33.2 Å². The molecule has 3 rings (SSSR count). The lowest BCUT2D eigenvalue weighted by molar-refractivity contribution is -0.116. The molecule has 1 fully saturated rings. The fraction of sp³-hybridized carbons (Fsp3) is 0.238. The molecule has 2 amide bonds. The third kappa shape index (κ3) is 4.76. The van der Waals surface area contributed by atoms with Crippen LogP contribution >= 0.6 is 0 Å². The average Bonchev–Trinajstić information content (AvgIpc) is 3.06. The summed E-state index contributed by atoms with van der Waals surface area (Å²) in [5.74, 6) is 1.94. The van der Waals surface area contributed by atoms with E-state index in [1.54, 1.807) is 48.5 Å². The van der Waals surface area contributed by atoms with Crippen LogP contribution in [0.4, 0.5) is 11.4 Å². The van der Waals surface area contributed by atoms with Crippen molar-refractivity contribution in [1.82, 2.24) is 4.90 Å². The number of nitrogens with one attached hydrogen (secondary N) is 1. The fourth-order valence-electron chi connectivity index (χ4n) is 3.09. The smallest absolute Gasteiger partial charge is 0.254 e. The van der Waals surface area contributed by atoms with Crippen molar-refractivity contribution in [3.05, 3.63) is 59.7 Å². The average molecular weight is 411 g/mol. The SMILES string of the molecule is C#Cc1cccc(NC(=O)CN(C)C(=O)c2ccc(N3CCCS3(=O)=O)cc2)c1. The highest BCUT2D eigenvalue weighted by Gasteiger charge is 2.28. The summed E-state index contributed by atoms with van der Waals surface area (Å²) in [6.07, 6.45) is 5.94. The molecule has 1 heterocycles. The highest BCUT2D eigenvalue weighted by molar-refractivity contribution is 7.93. The van der Waals surface area contributed by atoms with Crippen LogP contribution < -0.4 is 9.62 Å². The van der Waals surface area contributed by atoms with Crippen LogP contribution in [-0.4, -0.2) is 51.0 Å². The summed E-state index contributed by atoms with van der Waals surface area (Å²) in [4.78, 5) is 26.1. The van der Waals surface area contributed by atoms with Gasteiger partial charge in [-0.25, -0.2) is 8.42 Å². The molecule has 0 bridgehead atoms. The van der Waals surface area contributed by atoms with Crippen molar-refractivity contribution in [2.24, 2.45) is 0 Å². The Labute approximate surface area is 170 Å². The van der Waals surface area contributed by atoms with Crippen LogP contribution in [0, 0.1) is 12.3 Å². The van der Waals surface area contributed by atoms with Crippen molar-refractivity contribution in [2.75, 3.05) is 35.5 Å². The molecular formula is C21H21N3O4S. The zero-order chi connectivity index (χ0) is 21.0. The van der Waals surface area contributed by atoms with Gasteiger partial charge in [0.25, 0.3) is 5.91 Å². The molecule has 0 aromatic heterocycles. The zero-order valence-electron chi connectivity index (χ0n) is 16.0. The van der Waals surface area contributed by atoms with Gasteiger partial charge in [0, 0.05) is 30.4 Å². The van der Waals surface area contributed by atoms with Crippen LogP contribution in [-0.2, 0) is 14.8 Å². The van der Waals surface area contributed by atoms with Gasteiger partial charge < -0.3 is 10.2 Å². The lowest BCUT2D eigenvalue weighted by atomic mass is 10.2. The maximum absolute atomic E-state index is 12.6. The van der Waals surface area contributed by atoms with Gasteiger partial charge in [-0.15, -0.1) is 6.42 Å². The van der Waals surface area contributed by atoms with Gasteiger partial charge in [0.05, 0.1) is 18.0 Å². The number of benzene rings is 2. The van der Waals surface area contributed by atoms with Crippen LogP contribution in [0.15, 0.2) is 48.5 Å². The number of carbonyl (C=O) groups excluding carboxylic acids is 2. The van der Waals surface area contributed by atoms with Gasteiger partial charge in [-0.1, -0.05) is 12.0 Å². The van der Waals surface area contributed by atoms with E-state index in [1.165, 1.54) is 16.3 Å². The van der Waals surface area contributed by atoms with E-state index in [-0.39, 0.29) is 24.1 Å². The van der Waals surface area contributed by atoms with E-state index < -0.39 is 10.0 Å². The molecule has 150 valence electrons. The molecule has 1 N–H and O–H groups in total. The number of carbonyl (C=O) groups is 2. The largest absolute Gasteiger partial charge is 0.332 e. The highest BCUT2D eigenvalue weighted by atomic mass is 32.2. The number of amides is 2. The molecule has 0 spiro atoms. The standard InChI is InChI=1S/C21H21N3O4S/c1-3-16-6-4-7-18(14-16)22-20(25)15-23(2)21(26)17-8-10-19(11-9-17)24-12-5-13-29(24,27)28/h1,4,6-11,14H,5,12-13,15H2,2H3,(H,22,25). The van der Waals surface area contributed by atoms with Crippen molar-refractivity contribution in [3.8, 4) is 12.3 Å². The molecule has 29 heavy (non-hydrogen) atoms. The van der Waals surface area contributed by atoms with Crippen molar-refractivity contribution in [3.63, 3.8) is 0 Å². The summed E-state index contributed by atoms with van der Waals surface area (Å²) in [7, 11) is -1.74. The minimum atomic E-state index is -3.27. The minimum absolute atomic E-state index is 0.135. The summed E-state index contributed by atoms with van der Waals surface area (Å²) >= 11 is 0. The predicted octanol–water partition coefficient (Wildman–Crippen LogP) is 1.92. The van der Waals surface area contributed by atoms with Crippen molar-refractivity contribution in [2.45, 2.75) is 6.42 Å². The lowest BCUT2D eigenvalue weighted by Gasteiger charge is -2.19. The monoisotopic (exact) mass is 411 g/mol. The van der Waals surface area contributed by atoms with E-state index in [0.717, 1.165) is 0 Å². The van der Waals surface area contributed by atoms with E-state index in [2.05, 4.69) is 11.2 Å². The molecule has 0 aliphatic carbocycles. The van der Waals surface area contributed by atoms with Gasteiger partial charge in [0.15, 0.2) is 0 Å². The molecule has 0 radical (unpaired) electrons. The molecule has 0 saturated carbocycles. The maximum Gasteiger partial charge on any atom is 0.254 e. The van der Waals surface area contributed by atoms with Gasteiger partial charge >= 0.3 is 0 Å². The van der Waals surface area contributed by atoms with Gasteiger partial charge in [0.2, 0.25) is 15.9 Å². The second-order valence-electron chi connectivity index (χ2n) is 6.72. The predicted molar refractivity (Wildman–Crippen MR) is 112 cm³/mol. The number of anilines is 2. The minimum Gasteiger partial charge on any atom is -0.332 e. The van der Waals surface area contributed by atoms with Crippen LogP contribution in [0.3, 0.4) is 0 Å². The molecule has 8 heteroatoms. The second-order valence-corrected chi connectivity index (χ2v) is 8.74. The molecule has 1 aliphatic heterocycles. The fourth-order valence-corrected chi connectivity index (χ4v) is 4.66. The first kappa shape index (κ1) is 20.4. The topological polar surface area (TPSA) is 86.8 Å². The molecule has 1 aliphatic rings. The summed E-state index contributed by atoms with van der Waals surface area (Å²) in [5, 5.41) is 2.71. The normalized spacial score (nSPS) is 14.8. The third-order valence-corrected chi connectivity index (χ3v) is 6.41. The Morgan fingerprint density at radius 1 is 1.21 bits per heavy atom. The molecule has 0 unspecified atom stereocenters. The first-order valence-electron chi connectivity index (χ1n) is 9.02. The van der Waals surface area contributed by atoms with Gasteiger partial charge in [-0.3, -0.25) is 13.9 Å². The number of sulfonamides is 1. The number of nitrogens with zero attached hydrogens (tertiary/aromatic N) is 2. The highest BCUT2D eigenvalue weighted by Crippen LogP contribution is 2.24. The van der Waals surface area contributed by atoms with E-state index in [9.17, 15) is 18.0 Å². The first-order chi connectivity index (χ1) is 13.8. The van der Waals surface area contributed by atoms with Gasteiger partial charge in [-0.2, -0.15) is 0 Å². The Kier molecular flexibility index (Phi) is 5.89. The van der Waals surface area contributed by atoms with Crippen LogP contribution in [0.1, 0.15) is 22.3 Å². The number of rotatable bonds is 5. The number of likely N-dealkylation sites (N-methyl/N-ethyl adjacent to an activating group) is 1. The number of terminal acetylenes is 1. The molecule has 1 saturated heterocycles. The number of hydrogen-bond acceptors (Lipinski definition) is 4. The molecular weight excluding hydrogens is 390 g/mol. The van der Waals surface area contributed by atoms with E-state index in [0.29, 0.717) is 35.5 Å². The van der Waals surface area contributed by atoms with Crippen LogP contribution in [0.5, 0.6) is 0 Å². The first-order valence-corrected chi connectivity index (χ1v) is 10.6. The van der Waals surface area contributed by atoms with Crippen LogP contribution in [0.25, 0.3) is 0 Å². The summed E-state index contributed by atoms with van der Waals surface area (Å²) in [6.45, 7) is 0.304. The quantitative estimate of drug-likeness (QED) is 0.762. The Morgan fingerprint density at radius 3 is 2.55 bits per heavy atom. The molecule has 2 aromatic carbocycles. The van der Waals surface area contributed by atoms with Gasteiger partial charge in [0.1, 0.15) is 0 Å². The van der Waals surface area contributed by atoms with Crippen molar-refractivity contribution < 1.29 is 18.0 Å². The zero-order valence-corrected chi connectivity index (χ0v) is 16.8. The Balaban J connectivity index is 1.62. The summed E-state index contributed by atoms with van der Waals surface area (Å²) in [5.41, 5.74) is 2.11. The molecule has 7 nitrogen and oxygen atoms in total. The van der Waals surface area contributed by atoms with Crippen molar-refractivity contribution in [1.29, 1.82) is 0 Å².